The van der Waals surface area contributed by atoms with Crippen LogP contribution in [0.15, 0.2) is 42.6 Å². The number of ether oxygens (including phenoxy) is 1. The van der Waals surface area contributed by atoms with Crippen LogP contribution in [0.1, 0.15) is 10.5 Å². The van der Waals surface area contributed by atoms with Crippen molar-refractivity contribution >= 4 is 23.2 Å². The van der Waals surface area contributed by atoms with Gasteiger partial charge in [0.15, 0.2) is 0 Å². The van der Waals surface area contributed by atoms with Crippen LogP contribution < -0.4 is 9.64 Å². The number of fused-ring (bicyclic) bond motifs is 1. The summed E-state index contributed by atoms with van der Waals surface area (Å²) in [4.78, 5) is 18.2. The largest absolute Gasteiger partial charge is 0.490 e. The number of anilines is 1. The number of hydrogen-bond acceptors (Lipinski definition) is 3. The molecule has 0 N–H and O–H groups in total. The zero-order valence-corrected chi connectivity index (χ0v) is 10.8. The van der Waals surface area contributed by atoms with E-state index in [2.05, 4.69) is 4.98 Å². The Kier molecular flexibility index (Phi) is 3.09. The molecule has 0 unspecified atom stereocenters. The Morgan fingerprint density at radius 1 is 1.32 bits per heavy atom. The molecule has 1 aliphatic rings. The highest BCUT2D eigenvalue weighted by Gasteiger charge is 2.25. The zero-order valence-electron chi connectivity index (χ0n) is 10.0. The first-order valence-corrected chi connectivity index (χ1v) is 6.29. The topological polar surface area (TPSA) is 42.4 Å². The predicted octanol–water partition coefficient (Wildman–Crippen LogP) is 2.77. The van der Waals surface area contributed by atoms with Crippen molar-refractivity contribution in [3.05, 3.63) is 53.3 Å². The Labute approximate surface area is 115 Å². The van der Waals surface area contributed by atoms with Crippen LogP contribution in [0.5, 0.6) is 5.75 Å². The Morgan fingerprint density at radius 2 is 2.21 bits per heavy atom. The first kappa shape index (κ1) is 12.0. The van der Waals surface area contributed by atoms with Crippen LogP contribution in [0.25, 0.3) is 0 Å². The summed E-state index contributed by atoms with van der Waals surface area (Å²) in [6.07, 6.45) is 1.60. The molecule has 0 aliphatic carbocycles. The van der Waals surface area contributed by atoms with Gasteiger partial charge in [-0.25, -0.2) is 0 Å². The van der Waals surface area contributed by atoms with Crippen LogP contribution >= 0.6 is 11.6 Å². The molecule has 0 bridgehead atoms. The second-order valence-electron chi connectivity index (χ2n) is 4.13. The standard InChI is InChI=1S/C14H11ClN2O2/c15-10-4-5-13-12(9-10)17(7-8-19-13)14(18)11-3-1-2-6-16-11/h1-6,9H,7-8H2. The zero-order chi connectivity index (χ0) is 13.2. The van der Waals surface area contributed by atoms with Gasteiger partial charge in [0.1, 0.15) is 18.1 Å². The monoisotopic (exact) mass is 274 g/mol. The van der Waals surface area contributed by atoms with E-state index in [-0.39, 0.29) is 5.91 Å². The van der Waals surface area contributed by atoms with Gasteiger partial charge in [-0.1, -0.05) is 17.7 Å². The molecule has 0 saturated heterocycles. The molecule has 2 aromatic rings. The highest BCUT2D eigenvalue weighted by atomic mass is 35.5. The van der Waals surface area contributed by atoms with Gasteiger partial charge >= 0.3 is 0 Å². The molecule has 4 nitrogen and oxygen atoms in total. The normalized spacial score (nSPS) is 13.6. The number of amides is 1. The number of aromatic nitrogens is 1. The molecule has 0 spiro atoms. The first-order valence-electron chi connectivity index (χ1n) is 5.91. The van der Waals surface area contributed by atoms with Crippen LogP contribution in [0.4, 0.5) is 5.69 Å². The van der Waals surface area contributed by atoms with Crippen molar-refractivity contribution < 1.29 is 9.53 Å². The molecule has 2 heterocycles. The van der Waals surface area contributed by atoms with Crippen molar-refractivity contribution in [1.29, 1.82) is 0 Å². The third-order valence-corrected chi connectivity index (χ3v) is 3.15. The second-order valence-corrected chi connectivity index (χ2v) is 4.57. The number of halogens is 1. The lowest BCUT2D eigenvalue weighted by Crippen LogP contribution is -2.38. The third kappa shape index (κ3) is 2.27. The molecule has 19 heavy (non-hydrogen) atoms. The van der Waals surface area contributed by atoms with Gasteiger partial charge < -0.3 is 9.64 Å². The SMILES string of the molecule is O=C(c1ccccn1)N1CCOc2ccc(Cl)cc21. The Hall–Kier alpha value is -2.07. The fourth-order valence-corrected chi connectivity index (χ4v) is 2.20. The van der Waals surface area contributed by atoms with Gasteiger partial charge in [0, 0.05) is 11.2 Å². The number of rotatable bonds is 1. The Bertz CT molecular complexity index is 616. The van der Waals surface area contributed by atoms with Gasteiger partial charge in [0.05, 0.1) is 12.2 Å². The summed E-state index contributed by atoms with van der Waals surface area (Å²) in [5.74, 6) is 0.521. The quantitative estimate of drug-likeness (QED) is 0.803. The van der Waals surface area contributed by atoms with Crippen LogP contribution in [0, 0.1) is 0 Å². The lowest BCUT2D eigenvalue weighted by Gasteiger charge is -2.29. The van der Waals surface area contributed by atoms with E-state index in [9.17, 15) is 4.79 Å². The minimum atomic E-state index is -0.146. The molecule has 96 valence electrons. The van der Waals surface area contributed by atoms with Crippen molar-refractivity contribution in [2.45, 2.75) is 0 Å². The first-order chi connectivity index (χ1) is 9.25. The van der Waals surface area contributed by atoms with E-state index in [1.807, 2.05) is 0 Å². The molecule has 0 saturated carbocycles. The van der Waals surface area contributed by atoms with E-state index in [0.29, 0.717) is 35.3 Å². The van der Waals surface area contributed by atoms with Crippen molar-refractivity contribution in [2.24, 2.45) is 0 Å². The van der Waals surface area contributed by atoms with E-state index >= 15 is 0 Å². The maximum Gasteiger partial charge on any atom is 0.277 e. The number of carbonyl (C=O) groups excluding carboxylic acids is 1. The van der Waals surface area contributed by atoms with Gasteiger partial charge in [-0.2, -0.15) is 0 Å². The van der Waals surface area contributed by atoms with E-state index < -0.39 is 0 Å². The summed E-state index contributed by atoms with van der Waals surface area (Å²) >= 11 is 5.98. The highest BCUT2D eigenvalue weighted by Crippen LogP contribution is 2.34. The fourth-order valence-electron chi connectivity index (χ4n) is 2.03. The smallest absolute Gasteiger partial charge is 0.277 e. The molecular weight excluding hydrogens is 264 g/mol. The molecule has 3 rings (SSSR count). The van der Waals surface area contributed by atoms with Crippen molar-refractivity contribution in [2.75, 3.05) is 18.1 Å². The molecule has 1 aromatic heterocycles. The van der Waals surface area contributed by atoms with E-state index in [1.54, 1.807) is 47.5 Å². The van der Waals surface area contributed by atoms with E-state index in [1.165, 1.54) is 0 Å². The van der Waals surface area contributed by atoms with Crippen LogP contribution in [0.2, 0.25) is 5.02 Å². The summed E-state index contributed by atoms with van der Waals surface area (Å²) in [5.41, 5.74) is 1.10. The van der Waals surface area contributed by atoms with E-state index in [4.69, 9.17) is 16.3 Å². The molecule has 5 heteroatoms. The fraction of sp³-hybridized carbons (Fsp3) is 0.143. The van der Waals surface area contributed by atoms with Gasteiger partial charge in [-0.05, 0) is 30.3 Å². The molecular formula is C14H11ClN2O2. The molecule has 1 aromatic carbocycles. The number of pyridine rings is 1. The lowest BCUT2D eigenvalue weighted by atomic mass is 10.2. The maximum atomic E-state index is 12.4. The molecule has 1 amide bonds. The predicted molar refractivity (Wildman–Crippen MR) is 72.9 cm³/mol. The average Bonchev–Trinajstić information content (AvgIpc) is 2.47. The highest BCUT2D eigenvalue weighted by molar-refractivity contribution is 6.31. The number of benzene rings is 1. The van der Waals surface area contributed by atoms with E-state index in [0.717, 1.165) is 0 Å². The second kappa shape index (κ2) is 4.90. The van der Waals surface area contributed by atoms with Crippen LogP contribution in [-0.4, -0.2) is 24.0 Å². The molecule has 0 fully saturated rings. The summed E-state index contributed by atoms with van der Waals surface area (Å²) in [5, 5.41) is 0.572. The Morgan fingerprint density at radius 3 is 3.00 bits per heavy atom. The minimum absolute atomic E-state index is 0.146. The van der Waals surface area contributed by atoms with Gasteiger partial charge in [-0.15, -0.1) is 0 Å². The van der Waals surface area contributed by atoms with Crippen molar-refractivity contribution in [3.63, 3.8) is 0 Å². The van der Waals surface area contributed by atoms with Crippen molar-refractivity contribution in [3.8, 4) is 5.75 Å². The average molecular weight is 275 g/mol. The van der Waals surface area contributed by atoms with Gasteiger partial charge in [0.25, 0.3) is 5.91 Å². The molecule has 0 radical (unpaired) electrons. The minimum Gasteiger partial charge on any atom is -0.490 e. The van der Waals surface area contributed by atoms with Gasteiger partial charge in [0.2, 0.25) is 0 Å². The summed E-state index contributed by atoms with van der Waals surface area (Å²) in [6.45, 7) is 0.954. The Balaban J connectivity index is 2.00. The lowest BCUT2D eigenvalue weighted by molar-refractivity contribution is 0.0972. The molecule has 1 aliphatic heterocycles. The van der Waals surface area contributed by atoms with Crippen LogP contribution in [0.3, 0.4) is 0 Å². The van der Waals surface area contributed by atoms with Crippen molar-refractivity contribution in [1.82, 2.24) is 4.98 Å². The third-order valence-electron chi connectivity index (χ3n) is 2.91. The summed E-state index contributed by atoms with van der Waals surface area (Å²) < 4.78 is 5.52. The number of nitrogens with zero attached hydrogens (tertiary/aromatic N) is 2. The number of hydrogen-bond donors (Lipinski definition) is 0. The summed E-state index contributed by atoms with van der Waals surface area (Å²) in [6, 6.07) is 10.5. The van der Waals surface area contributed by atoms with Gasteiger partial charge in [-0.3, -0.25) is 9.78 Å². The number of carbonyl (C=O) groups is 1. The maximum absolute atomic E-state index is 12.4. The molecule has 0 atom stereocenters. The van der Waals surface area contributed by atoms with Crippen LogP contribution in [-0.2, 0) is 0 Å². The summed E-state index contributed by atoms with van der Waals surface area (Å²) in [7, 11) is 0.